The number of rotatable bonds is 5. The quantitative estimate of drug-likeness (QED) is 0.563. The highest BCUT2D eigenvalue weighted by atomic mass is 16.5. The van der Waals surface area contributed by atoms with Crippen LogP contribution in [0.15, 0.2) is 30.3 Å². The second kappa shape index (κ2) is 9.15. The molecule has 0 unspecified atom stereocenters. The van der Waals surface area contributed by atoms with Crippen molar-refractivity contribution in [2.45, 2.75) is 57.4 Å². The molecule has 2 aromatic heterocycles. The van der Waals surface area contributed by atoms with Crippen LogP contribution in [0.5, 0.6) is 0 Å². The lowest BCUT2D eigenvalue weighted by atomic mass is 9.97. The number of nitrogen functional groups attached to an aromatic ring is 1. The lowest BCUT2D eigenvalue weighted by Crippen LogP contribution is -2.39. The highest BCUT2D eigenvalue weighted by Gasteiger charge is 2.33. The molecule has 0 bridgehead atoms. The van der Waals surface area contributed by atoms with E-state index in [0.717, 1.165) is 80.4 Å². The Labute approximate surface area is 206 Å². The van der Waals surface area contributed by atoms with E-state index in [1.807, 2.05) is 27.6 Å². The molecule has 1 aromatic carbocycles. The van der Waals surface area contributed by atoms with Crippen LogP contribution in [0.1, 0.15) is 78.3 Å². The number of carbonyl (C=O) groups is 1. The number of fused-ring (bicyclic) bond motifs is 1. The van der Waals surface area contributed by atoms with E-state index in [0.29, 0.717) is 23.7 Å². The van der Waals surface area contributed by atoms with Gasteiger partial charge in [0.2, 0.25) is 0 Å². The van der Waals surface area contributed by atoms with E-state index in [9.17, 15) is 4.79 Å². The van der Waals surface area contributed by atoms with Gasteiger partial charge >= 0.3 is 0 Å². The van der Waals surface area contributed by atoms with Crippen molar-refractivity contribution in [2.24, 2.45) is 0 Å². The summed E-state index contributed by atoms with van der Waals surface area (Å²) < 4.78 is 7.57. The summed E-state index contributed by atoms with van der Waals surface area (Å²) in [5.74, 6) is 1.64. The maximum Gasteiger partial charge on any atom is 0.256 e. The molecule has 8 heteroatoms. The van der Waals surface area contributed by atoms with Gasteiger partial charge in [-0.2, -0.15) is 9.61 Å². The number of aryl methyl sites for hydroxylation is 1. The molecule has 0 spiro atoms. The zero-order valence-electron chi connectivity index (χ0n) is 20.4. The molecule has 2 aliphatic heterocycles. The number of ether oxygens (including phenoxy) is 1. The minimum atomic E-state index is -0.0791. The molecular formula is C27H34N6O2. The third-order valence-electron chi connectivity index (χ3n) is 7.64. The zero-order valence-corrected chi connectivity index (χ0v) is 20.4. The number of nitrogens with two attached hydrogens (primary N) is 1. The van der Waals surface area contributed by atoms with Gasteiger partial charge in [-0.05, 0) is 56.2 Å². The maximum absolute atomic E-state index is 13.7. The van der Waals surface area contributed by atoms with E-state index in [1.165, 1.54) is 12.8 Å². The lowest BCUT2D eigenvalue weighted by molar-refractivity contribution is 0.0606. The summed E-state index contributed by atoms with van der Waals surface area (Å²) in [6.07, 6.45) is 6.24. The SMILES string of the molecule is CCc1ccc(N)c(C(=O)N2CCCC[C@H]2c2cc3nc(C4CC4)cc(N4CCOCC4)n3n2)c1. The Morgan fingerprint density at radius 1 is 1.06 bits per heavy atom. The van der Waals surface area contributed by atoms with Crippen molar-refractivity contribution >= 4 is 23.1 Å². The number of morpholine rings is 1. The van der Waals surface area contributed by atoms with Gasteiger partial charge in [0.1, 0.15) is 5.82 Å². The third-order valence-corrected chi connectivity index (χ3v) is 7.64. The van der Waals surface area contributed by atoms with Crippen LogP contribution in [0.4, 0.5) is 11.5 Å². The molecule has 1 atom stereocenters. The Kier molecular flexibility index (Phi) is 5.84. The third kappa shape index (κ3) is 4.24. The zero-order chi connectivity index (χ0) is 23.9. The van der Waals surface area contributed by atoms with Crippen molar-refractivity contribution in [1.29, 1.82) is 0 Å². The molecule has 8 nitrogen and oxygen atoms in total. The van der Waals surface area contributed by atoms with Crippen molar-refractivity contribution in [2.75, 3.05) is 43.5 Å². The summed E-state index contributed by atoms with van der Waals surface area (Å²) in [6, 6.07) is 10.0. The molecule has 184 valence electrons. The highest BCUT2D eigenvalue weighted by Crippen LogP contribution is 2.41. The van der Waals surface area contributed by atoms with Gasteiger partial charge in [0.25, 0.3) is 5.91 Å². The number of anilines is 2. The van der Waals surface area contributed by atoms with E-state index >= 15 is 0 Å². The van der Waals surface area contributed by atoms with Gasteiger partial charge < -0.3 is 20.3 Å². The van der Waals surface area contributed by atoms with Crippen LogP contribution in [0.25, 0.3) is 5.65 Å². The summed E-state index contributed by atoms with van der Waals surface area (Å²) in [5.41, 5.74) is 11.5. The number of piperidine rings is 1. The fourth-order valence-corrected chi connectivity index (χ4v) is 5.41. The van der Waals surface area contributed by atoms with E-state index in [1.54, 1.807) is 0 Å². The van der Waals surface area contributed by atoms with Crippen molar-refractivity contribution in [3.63, 3.8) is 0 Å². The first-order valence-electron chi connectivity index (χ1n) is 13.0. The molecule has 3 fully saturated rings. The minimum absolute atomic E-state index is 0.000382. The number of carbonyl (C=O) groups excluding carboxylic acids is 1. The molecule has 35 heavy (non-hydrogen) atoms. The average Bonchev–Trinajstić information content (AvgIpc) is 3.67. The van der Waals surface area contributed by atoms with Gasteiger partial charge in [0.05, 0.1) is 30.5 Å². The Bertz CT molecular complexity index is 1240. The van der Waals surface area contributed by atoms with Crippen LogP contribution in [-0.4, -0.2) is 58.3 Å². The fraction of sp³-hybridized carbons (Fsp3) is 0.519. The number of aromatic nitrogens is 3. The molecule has 2 saturated heterocycles. The predicted octanol–water partition coefficient (Wildman–Crippen LogP) is 3.96. The molecule has 1 saturated carbocycles. The highest BCUT2D eigenvalue weighted by molar-refractivity contribution is 5.99. The Morgan fingerprint density at radius 3 is 2.66 bits per heavy atom. The molecule has 0 radical (unpaired) electrons. The van der Waals surface area contributed by atoms with Crippen molar-refractivity contribution in [3.8, 4) is 0 Å². The average molecular weight is 475 g/mol. The van der Waals surface area contributed by atoms with Crippen LogP contribution >= 0.6 is 0 Å². The van der Waals surface area contributed by atoms with Gasteiger partial charge in [0.15, 0.2) is 5.65 Å². The normalized spacial score (nSPS) is 21.0. The Balaban J connectivity index is 1.38. The molecule has 3 aromatic rings. The second-order valence-electron chi connectivity index (χ2n) is 10.0. The molecule has 1 amide bonds. The molecule has 1 aliphatic carbocycles. The number of nitrogens with zero attached hydrogens (tertiary/aromatic N) is 5. The first kappa shape index (κ1) is 22.3. The van der Waals surface area contributed by atoms with Gasteiger partial charge in [0, 0.05) is 49.1 Å². The van der Waals surface area contributed by atoms with E-state index in [4.69, 9.17) is 20.6 Å². The van der Waals surface area contributed by atoms with Crippen LogP contribution in [0, 0.1) is 0 Å². The molecule has 3 aliphatic rings. The van der Waals surface area contributed by atoms with Crippen molar-refractivity contribution < 1.29 is 9.53 Å². The van der Waals surface area contributed by atoms with Crippen molar-refractivity contribution in [3.05, 3.63) is 52.8 Å². The first-order valence-corrected chi connectivity index (χ1v) is 13.0. The van der Waals surface area contributed by atoms with Crippen molar-refractivity contribution in [1.82, 2.24) is 19.5 Å². The molecular weight excluding hydrogens is 440 g/mol. The number of benzene rings is 1. The molecule has 6 rings (SSSR count). The molecule has 2 N–H and O–H groups in total. The van der Waals surface area contributed by atoms with E-state index in [2.05, 4.69) is 24.0 Å². The topological polar surface area (TPSA) is 89.0 Å². The molecule has 4 heterocycles. The standard InChI is InChI=1S/C27H34N6O2/c1-2-18-6-9-21(28)20(15-18)27(34)32-10-4-3-5-24(32)23-16-25-29-22(19-7-8-19)17-26(33(25)30-23)31-11-13-35-14-12-31/h6,9,15-17,19,24H,2-5,7-8,10-14,28H2,1H3/t24-/m0/s1. The van der Waals surface area contributed by atoms with Crippen LogP contribution in [0.2, 0.25) is 0 Å². The van der Waals surface area contributed by atoms with E-state index in [-0.39, 0.29) is 11.9 Å². The lowest BCUT2D eigenvalue weighted by Gasteiger charge is -2.35. The largest absolute Gasteiger partial charge is 0.398 e. The number of hydrogen-bond acceptors (Lipinski definition) is 6. The Morgan fingerprint density at radius 2 is 1.89 bits per heavy atom. The second-order valence-corrected chi connectivity index (χ2v) is 10.0. The summed E-state index contributed by atoms with van der Waals surface area (Å²) in [7, 11) is 0. The van der Waals surface area contributed by atoms with Crippen LogP contribution < -0.4 is 10.6 Å². The summed E-state index contributed by atoms with van der Waals surface area (Å²) in [6.45, 7) is 5.94. The minimum Gasteiger partial charge on any atom is -0.398 e. The first-order chi connectivity index (χ1) is 17.1. The number of hydrogen-bond donors (Lipinski definition) is 1. The monoisotopic (exact) mass is 474 g/mol. The number of amides is 1. The van der Waals surface area contributed by atoms with E-state index < -0.39 is 0 Å². The smallest absolute Gasteiger partial charge is 0.256 e. The van der Waals surface area contributed by atoms with Crippen LogP contribution in [-0.2, 0) is 11.2 Å². The fourth-order valence-electron chi connectivity index (χ4n) is 5.41. The van der Waals surface area contributed by atoms with Crippen LogP contribution in [0.3, 0.4) is 0 Å². The van der Waals surface area contributed by atoms with Gasteiger partial charge in [-0.1, -0.05) is 13.0 Å². The summed E-state index contributed by atoms with van der Waals surface area (Å²) in [5, 5.41) is 5.06. The van der Waals surface area contributed by atoms with Gasteiger partial charge in [-0.15, -0.1) is 0 Å². The van der Waals surface area contributed by atoms with Gasteiger partial charge in [-0.25, -0.2) is 4.98 Å². The number of likely N-dealkylation sites (tertiary alicyclic amines) is 1. The maximum atomic E-state index is 13.7. The van der Waals surface area contributed by atoms with Gasteiger partial charge in [-0.3, -0.25) is 4.79 Å². The summed E-state index contributed by atoms with van der Waals surface area (Å²) in [4.78, 5) is 23.0. The Hall–Kier alpha value is -3.13. The summed E-state index contributed by atoms with van der Waals surface area (Å²) >= 11 is 0. The predicted molar refractivity (Wildman–Crippen MR) is 136 cm³/mol.